The Balaban J connectivity index is 1.43. The number of aromatic nitrogens is 1. The maximum atomic E-state index is 12.8. The van der Waals surface area contributed by atoms with Crippen molar-refractivity contribution in [2.24, 2.45) is 0 Å². The highest BCUT2D eigenvalue weighted by molar-refractivity contribution is 5.92. The van der Waals surface area contributed by atoms with Crippen molar-refractivity contribution >= 4 is 11.9 Å². The average Bonchev–Trinajstić information content (AvgIpc) is 3.15. The van der Waals surface area contributed by atoms with Gasteiger partial charge in [-0.2, -0.15) is 0 Å². The van der Waals surface area contributed by atoms with Gasteiger partial charge >= 0.3 is 5.97 Å². The second-order valence-electron chi connectivity index (χ2n) is 7.12. The summed E-state index contributed by atoms with van der Waals surface area (Å²) >= 11 is 0. The predicted octanol–water partition coefficient (Wildman–Crippen LogP) is 3.78. The number of esters is 1. The van der Waals surface area contributed by atoms with Crippen molar-refractivity contribution in [3.63, 3.8) is 0 Å². The van der Waals surface area contributed by atoms with E-state index in [9.17, 15) is 9.59 Å². The molecule has 0 spiro atoms. The Morgan fingerprint density at radius 3 is 2.52 bits per heavy atom. The van der Waals surface area contributed by atoms with Crippen LogP contribution in [0.3, 0.4) is 0 Å². The molecule has 6 heteroatoms. The Morgan fingerprint density at radius 1 is 1.07 bits per heavy atom. The third-order valence-corrected chi connectivity index (χ3v) is 5.08. The van der Waals surface area contributed by atoms with Crippen LogP contribution in [0.4, 0.5) is 0 Å². The van der Waals surface area contributed by atoms with Crippen LogP contribution >= 0.6 is 0 Å². The maximum Gasteiger partial charge on any atom is 0.361 e. The van der Waals surface area contributed by atoms with Gasteiger partial charge in [-0.1, -0.05) is 42.5 Å². The molecule has 0 fully saturated rings. The molecule has 2 aromatic carbocycles. The zero-order valence-corrected chi connectivity index (χ0v) is 16.4. The highest BCUT2D eigenvalue weighted by atomic mass is 16.5. The molecule has 0 aliphatic carbocycles. The third-order valence-electron chi connectivity index (χ3n) is 5.08. The van der Waals surface area contributed by atoms with Crippen molar-refractivity contribution in [3.8, 4) is 11.5 Å². The van der Waals surface area contributed by atoms with E-state index in [1.807, 2.05) is 48.5 Å². The van der Waals surface area contributed by atoms with Crippen molar-refractivity contribution in [1.29, 1.82) is 0 Å². The summed E-state index contributed by atoms with van der Waals surface area (Å²) in [6, 6.07) is 17.4. The first kappa shape index (κ1) is 18.9. The Kier molecular flexibility index (Phi) is 5.16. The number of ether oxygens (including phenoxy) is 1. The lowest BCUT2D eigenvalue weighted by atomic mass is 9.99. The molecule has 1 aromatic heterocycles. The van der Waals surface area contributed by atoms with Gasteiger partial charge in [0.2, 0.25) is 5.89 Å². The highest BCUT2D eigenvalue weighted by Crippen LogP contribution is 2.23. The number of oxazole rings is 1. The first-order valence-corrected chi connectivity index (χ1v) is 9.62. The summed E-state index contributed by atoms with van der Waals surface area (Å²) in [5, 5.41) is 0. The Labute approximate surface area is 169 Å². The first-order valence-electron chi connectivity index (χ1n) is 9.62. The number of aryl methyl sites for hydroxylation is 1. The molecular formula is C23H22N2O4. The summed E-state index contributed by atoms with van der Waals surface area (Å²) in [5.74, 6) is -0.161. The molecule has 1 aliphatic rings. The van der Waals surface area contributed by atoms with Gasteiger partial charge in [-0.15, -0.1) is 0 Å². The second kappa shape index (κ2) is 7.91. The molecule has 29 heavy (non-hydrogen) atoms. The van der Waals surface area contributed by atoms with E-state index in [0.717, 1.165) is 17.5 Å². The molecule has 0 unspecified atom stereocenters. The number of carbonyl (C=O) groups excluding carboxylic acids is 2. The second-order valence-corrected chi connectivity index (χ2v) is 7.12. The summed E-state index contributed by atoms with van der Waals surface area (Å²) in [6.07, 6.45) is -0.102. The lowest BCUT2D eigenvalue weighted by Crippen LogP contribution is -2.42. The van der Waals surface area contributed by atoms with Crippen molar-refractivity contribution in [1.82, 2.24) is 9.88 Å². The van der Waals surface area contributed by atoms with E-state index in [1.54, 1.807) is 18.7 Å². The molecule has 1 atom stereocenters. The number of carbonyl (C=O) groups is 2. The van der Waals surface area contributed by atoms with Crippen LogP contribution in [0.15, 0.2) is 59.0 Å². The zero-order valence-electron chi connectivity index (χ0n) is 16.4. The zero-order chi connectivity index (χ0) is 20.4. The molecule has 0 bridgehead atoms. The van der Waals surface area contributed by atoms with Gasteiger partial charge in [0.25, 0.3) is 5.91 Å². The fourth-order valence-corrected chi connectivity index (χ4v) is 3.50. The highest BCUT2D eigenvalue weighted by Gasteiger charge is 2.29. The number of nitrogens with zero attached hydrogens (tertiary/aromatic N) is 2. The van der Waals surface area contributed by atoms with Gasteiger partial charge < -0.3 is 14.1 Å². The van der Waals surface area contributed by atoms with E-state index >= 15 is 0 Å². The SMILES string of the molecule is Cc1oc(-c2ccccc2)nc1C(=O)O[C@@H](C)C(=O)N1CCc2ccccc2C1. The normalized spacial score (nSPS) is 14.2. The van der Waals surface area contributed by atoms with Gasteiger partial charge in [-0.25, -0.2) is 9.78 Å². The molecule has 3 aromatic rings. The molecule has 0 radical (unpaired) electrons. The number of amides is 1. The molecule has 148 valence electrons. The van der Waals surface area contributed by atoms with Gasteiger partial charge in [0.05, 0.1) is 0 Å². The number of fused-ring (bicyclic) bond motifs is 1. The standard InChI is InChI=1S/C23H22N2O4/c1-15-20(24-21(28-15)18-9-4-3-5-10-18)23(27)29-16(2)22(26)25-13-12-17-8-6-7-11-19(17)14-25/h3-11,16H,12-14H2,1-2H3/t16-/m0/s1. The van der Waals surface area contributed by atoms with Gasteiger partial charge in [0.15, 0.2) is 11.8 Å². The van der Waals surface area contributed by atoms with Crippen molar-refractivity contribution in [2.75, 3.05) is 6.54 Å². The lowest BCUT2D eigenvalue weighted by Gasteiger charge is -2.30. The van der Waals surface area contributed by atoms with Crippen LogP contribution in [0.2, 0.25) is 0 Å². The fraction of sp³-hybridized carbons (Fsp3) is 0.261. The number of hydrogen-bond acceptors (Lipinski definition) is 5. The summed E-state index contributed by atoms with van der Waals surface area (Å²) in [7, 11) is 0. The molecule has 0 saturated heterocycles. The average molecular weight is 390 g/mol. The van der Waals surface area contributed by atoms with Gasteiger partial charge in [0.1, 0.15) is 5.76 Å². The smallest absolute Gasteiger partial charge is 0.361 e. The Bertz CT molecular complexity index is 1040. The summed E-state index contributed by atoms with van der Waals surface area (Å²) in [4.78, 5) is 31.4. The van der Waals surface area contributed by atoms with E-state index in [1.165, 1.54) is 5.56 Å². The molecule has 4 rings (SSSR count). The topological polar surface area (TPSA) is 72.6 Å². The van der Waals surface area contributed by atoms with Gasteiger partial charge in [0, 0.05) is 18.7 Å². The van der Waals surface area contributed by atoms with Gasteiger partial charge in [-0.3, -0.25) is 4.79 Å². The number of benzene rings is 2. The first-order chi connectivity index (χ1) is 14.0. The minimum absolute atomic E-state index is 0.0903. The van der Waals surface area contributed by atoms with Crippen LogP contribution < -0.4 is 0 Å². The number of rotatable bonds is 4. The van der Waals surface area contributed by atoms with E-state index in [2.05, 4.69) is 11.1 Å². The van der Waals surface area contributed by atoms with E-state index in [-0.39, 0.29) is 11.6 Å². The lowest BCUT2D eigenvalue weighted by molar-refractivity contribution is -0.140. The van der Waals surface area contributed by atoms with Crippen molar-refractivity contribution < 1.29 is 18.7 Å². The molecule has 6 nitrogen and oxygen atoms in total. The van der Waals surface area contributed by atoms with Crippen LogP contribution in [0, 0.1) is 6.92 Å². The Morgan fingerprint density at radius 2 is 1.76 bits per heavy atom. The van der Waals surface area contributed by atoms with Gasteiger partial charge in [-0.05, 0) is 43.5 Å². The minimum Gasteiger partial charge on any atom is -0.448 e. The quantitative estimate of drug-likeness (QED) is 0.634. The van der Waals surface area contributed by atoms with Crippen molar-refractivity contribution in [3.05, 3.63) is 77.2 Å². The van der Waals surface area contributed by atoms with E-state index in [0.29, 0.717) is 24.7 Å². The van der Waals surface area contributed by atoms with Crippen LogP contribution in [0.1, 0.15) is 34.3 Å². The van der Waals surface area contributed by atoms with Crippen LogP contribution in [0.5, 0.6) is 0 Å². The number of hydrogen-bond donors (Lipinski definition) is 0. The largest absolute Gasteiger partial charge is 0.448 e. The summed E-state index contributed by atoms with van der Waals surface area (Å²) < 4.78 is 11.0. The molecule has 2 heterocycles. The molecule has 1 amide bonds. The van der Waals surface area contributed by atoms with Crippen LogP contribution in [-0.4, -0.2) is 34.4 Å². The summed E-state index contributed by atoms with van der Waals surface area (Å²) in [6.45, 7) is 4.38. The van der Waals surface area contributed by atoms with E-state index < -0.39 is 12.1 Å². The van der Waals surface area contributed by atoms with Crippen LogP contribution in [0.25, 0.3) is 11.5 Å². The maximum absolute atomic E-state index is 12.8. The van der Waals surface area contributed by atoms with Crippen LogP contribution in [-0.2, 0) is 22.5 Å². The molecular weight excluding hydrogens is 368 g/mol. The molecule has 0 saturated carbocycles. The fourth-order valence-electron chi connectivity index (χ4n) is 3.50. The predicted molar refractivity (Wildman–Crippen MR) is 107 cm³/mol. The Hall–Kier alpha value is -3.41. The van der Waals surface area contributed by atoms with Crippen molar-refractivity contribution in [2.45, 2.75) is 32.9 Å². The minimum atomic E-state index is -0.899. The van der Waals surface area contributed by atoms with E-state index in [4.69, 9.17) is 9.15 Å². The monoisotopic (exact) mass is 390 g/mol. The molecule has 1 aliphatic heterocycles. The molecule has 0 N–H and O–H groups in total. The summed E-state index contributed by atoms with van der Waals surface area (Å²) in [5.41, 5.74) is 3.25. The third kappa shape index (κ3) is 3.92.